The third-order valence-corrected chi connectivity index (χ3v) is 3.70. The number of benzene rings is 1. The molecular weight excluding hydrogens is 311 g/mol. The molecule has 2 aromatic heterocycles. The van der Waals surface area contributed by atoms with E-state index in [4.69, 9.17) is 22.4 Å². The fourth-order valence-electron chi connectivity index (χ4n) is 2.17. The molecule has 1 aromatic carbocycles. The van der Waals surface area contributed by atoms with Crippen molar-refractivity contribution in [1.82, 2.24) is 14.5 Å². The highest BCUT2D eigenvalue weighted by atomic mass is 35.5. The molecule has 0 saturated heterocycles. The first kappa shape index (κ1) is 14.3. The van der Waals surface area contributed by atoms with Crippen LogP contribution in [0.4, 0.5) is 10.1 Å². The molecule has 0 unspecified atom stereocenters. The number of aromatic nitrogens is 3. The van der Waals surface area contributed by atoms with Gasteiger partial charge < -0.3 is 15.4 Å². The van der Waals surface area contributed by atoms with E-state index in [0.29, 0.717) is 5.56 Å². The van der Waals surface area contributed by atoms with Gasteiger partial charge in [0.25, 0.3) is 0 Å². The Kier molecular flexibility index (Phi) is 3.22. The maximum absolute atomic E-state index is 14.3. The van der Waals surface area contributed by atoms with Crippen molar-refractivity contribution in [3.8, 4) is 11.3 Å². The number of aromatic carboxylic acids is 1. The Morgan fingerprint density at radius 3 is 2.86 bits per heavy atom. The third kappa shape index (κ3) is 2.06. The lowest BCUT2D eigenvalue weighted by atomic mass is 10.1. The number of hydrogen-bond acceptors (Lipinski definition) is 4. The molecule has 0 fully saturated rings. The molecular formula is C14H10ClFN4O2. The Bertz CT molecular complexity index is 923. The number of carboxylic acid groups (broad SMARTS) is 1. The molecule has 3 N–H and O–H groups in total. The van der Waals surface area contributed by atoms with E-state index in [0.717, 1.165) is 11.0 Å². The van der Waals surface area contributed by atoms with Crippen LogP contribution in [0.5, 0.6) is 0 Å². The van der Waals surface area contributed by atoms with Gasteiger partial charge in [0.2, 0.25) is 0 Å². The summed E-state index contributed by atoms with van der Waals surface area (Å²) >= 11 is 5.73. The summed E-state index contributed by atoms with van der Waals surface area (Å²) in [5.41, 5.74) is 6.34. The van der Waals surface area contributed by atoms with E-state index < -0.39 is 28.2 Å². The number of pyridine rings is 1. The van der Waals surface area contributed by atoms with Gasteiger partial charge in [0.15, 0.2) is 11.5 Å². The molecule has 112 valence electrons. The van der Waals surface area contributed by atoms with Crippen molar-refractivity contribution in [1.29, 1.82) is 0 Å². The minimum atomic E-state index is -1.38. The van der Waals surface area contributed by atoms with Gasteiger partial charge in [-0.1, -0.05) is 17.7 Å². The van der Waals surface area contributed by atoms with Crippen LogP contribution < -0.4 is 5.73 Å². The van der Waals surface area contributed by atoms with Gasteiger partial charge in [-0.3, -0.25) is 0 Å². The summed E-state index contributed by atoms with van der Waals surface area (Å²) in [7, 11) is 1.79. The monoisotopic (exact) mass is 320 g/mol. The van der Waals surface area contributed by atoms with Crippen molar-refractivity contribution in [3.63, 3.8) is 0 Å². The van der Waals surface area contributed by atoms with Gasteiger partial charge in [-0.15, -0.1) is 0 Å². The molecule has 0 bridgehead atoms. The Labute approximate surface area is 129 Å². The number of nitrogens with two attached hydrogens (primary N) is 1. The van der Waals surface area contributed by atoms with E-state index in [9.17, 15) is 9.18 Å². The van der Waals surface area contributed by atoms with Gasteiger partial charge >= 0.3 is 5.97 Å². The molecule has 3 aromatic rings. The lowest BCUT2D eigenvalue weighted by Crippen LogP contribution is -2.08. The standard InChI is InChI=1S/C14H10ClFN4O2/c1-20-5-18-7-3-2-6(4-8(7)20)12-10(16)11(17)9(15)13(19-12)14(21)22/h2-5H,1H3,(H2,17,19)(H,21,22). The highest BCUT2D eigenvalue weighted by molar-refractivity contribution is 6.35. The van der Waals surface area contributed by atoms with Crippen molar-refractivity contribution >= 4 is 34.3 Å². The molecule has 3 rings (SSSR count). The number of hydrogen-bond donors (Lipinski definition) is 2. The van der Waals surface area contributed by atoms with E-state index in [1.165, 1.54) is 0 Å². The van der Waals surface area contributed by atoms with Gasteiger partial charge in [0, 0.05) is 12.6 Å². The lowest BCUT2D eigenvalue weighted by Gasteiger charge is -2.09. The second kappa shape index (κ2) is 4.96. The minimum absolute atomic E-state index is 0.164. The number of carbonyl (C=O) groups is 1. The largest absolute Gasteiger partial charge is 0.476 e. The fourth-order valence-corrected chi connectivity index (χ4v) is 2.37. The van der Waals surface area contributed by atoms with Gasteiger partial charge in [-0.05, 0) is 12.1 Å². The Morgan fingerprint density at radius 2 is 2.18 bits per heavy atom. The Balaban J connectivity index is 2.29. The summed E-state index contributed by atoms with van der Waals surface area (Å²) < 4.78 is 16.1. The van der Waals surface area contributed by atoms with E-state index in [1.54, 1.807) is 36.1 Å². The van der Waals surface area contributed by atoms with Gasteiger partial charge in [-0.2, -0.15) is 0 Å². The zero-order valence-corrected chi connectivity index (χ0v) is 12.1. The average molecular weight is 321 g/mol. The van der Waals surface area contributed by atoms with Crippen molar-refractivity contribution in [2.24, 2.45) is 7.05 Å². The molecule has 0 atom stereocenters. The van der Waals surface area contributed by atoms with E-state index in [2.05, 4.69) is 9.97 Å². The van der Waals surface area contributed by atoms with Gasteiger partial charge in [0.1, 0.15) is 5.69 Å². The molecule has 0 radical (unpaired) electrons. The van der Waals surface area contributed by atoms with Crippen LogP contribution in [-0.2, 0) is 7.05 Å². The lowest BCUT2D eigenvalue weighted by molar-refractivity contribution is 0.0691. The number of halogens is 2. The molecule has 0 amide bonds. The van der Waals surface area contributed by atoms with Crippen LogP contribution in [-0.4, -0.2) is 25.6 Å². The van der Waals surface area contributed by atoms with Crippen LogP contribution >= 0.6 is 11.6 Å². The number of aryl methyl sites for hydroxylation is 1. The summed E-state index contributed by atoms with van der Waals surface area (Å²) in [5, 5.41) is 8.69. The predicted octanol–water partition coefficient (Wildman–Crippen LogP) is 2.71. The number of carboxylic acids is 1. The maximum Gasteiger partial charge on any atom is 0.356 e. The quantitative estimate of drug-likeness (QED) is 0.757. The van der Waals surface area contributed by atoms with Gasteiger partial charge in [0.05, 0.1) is 28.1 Å². The molecule has 0 saturated carbocycles. The molecule has 2 heterocycles. The first-order valence-corrected chi connectivity index (χ1v) is 6.57. The fraction of sp³-hybridized carbons (Fsp3) is 0.0714. The summed E-state index contributed by atoms with van der Waals surface area (Å²) in [6.45, 7) is 0. The number of rotatable bonds is 2. The van der Waals surface area contributed by atoms with Crippen molar-refractivity contribution in [2.45, 2.75) is 0 Å². The topological polar surface area (TPSA) is 94.0 Å². The highest BCUT2D eigenvalue weighted by Gasteiger charge is 2.22. The molecule has 6 nitrogen and oxygen atoms in total. The smallest absolute Gasteiger partial charge is 0.356 e. The van der Waals surface area contributed by atoms with Crippen LogP contribution in [0.3, 0.4) is 0 Å². The third-order valence-electron chi connectivity index (χ3n) is 3.31. The zero-order chi connectivity index (χ0) is 16.0. The summed E-state index contributed by atoms with van der Waals surface area (Å²) in [6.07, 6.45) is 1.62. The molecule has 0 aliphatic rings. The van der Waals surface area contributed by atoms with Crippen LogP contribution in [0, 0.1) is 5.82 Å². The van der Waals surface area contributed by atoms with Crippen LogP contribution in [0.15, 0.2) is 24.5 Å². The van der Waals surface area contributed by atoms with E-state index >= 15 is 0 Å². The minimum Gasteiger partial charge on any atom is -0.476 e. The summed E-state index contributed by atoms with van der Waals surface area (Å²) in [5.74, 6) is -2.23. The second-order valence-electron chi connectivity index (χ2n) is 4.71. The van der Waals surface area contributed by atoms with E-state index in [1.807, 2.05) is 0 Å². The average Bonchev–Trinajstić information content (AvgIpc) is 2.86. The highest BCUT2D eigenvalue weighted by Crippen LogP contribution is 2.33. The predicted molar refractivity (Wildman–Crippen MR) is 80.3 cm³/mol. The molecule has 8 heteroatoms. The summed E-state index contributed by atoms with van der Waals surface area (Å²) in [4.78, 5) is 19.1. The van der Waals surface area contributed by atoms with Crippen molar-refractivity contribution < 1.29 is 14.3 Å². The van der Waals surface area contributed by atoms with Crippen LogP contribution in [0.1, 0.15) is 10.5 Å². The number of anilines is 1. The van der Waals surface area contributed by atoms with Crippen LogP contribution in [0.25, 0.3) is 22.3 Å². The number of nitrogen functional groups attached to an aromatic ring is 1. The molecule has 0 aliphatic carbocycles. The van der Waals surface area contributed by atoms with E-state index in [-0.39, 0.29) is 5.69 Å². The SMILES string of the molecule is Cn1cnc2ccc(-c3nc(C(=O)O)c(Cl)c(N)c3F)cc21. The van der Waals surface area contributed by atoms with Crippen LogP contribution in [0.2, 0.25) is 5.02 Å². The van der Waals surface area contributed by atoms with Crippen molar-refractivity contribution in [2.75, 3.05) is 5.73 Å². The zero-order valence-electron chi connectivity index (χ0n) is 11.3. The van der Waals surface area contributed by atoms with Gasteiger partial charge in [-0.25, -0.2) is 19.2 Å². The molecule has 0 aliphatic heterocycles. The molecule has 22 heavy (non-hydrogen) atoms. The number of imidazole rings is 1. The Morgan fingerprint density at radius 1 is 1.45 bits per heavy atom. The summed E-state index contributed by atoms with van der Waals surface area (Å²) in [6, 6.07) is 4.95. The molecule has 0 spiro atoms. The van der Waals surface area contributed by atoms with Crippen molar-refractivity contribution in [3.05, 3.63) is 41.1 Å². The second-order valence-corrected chi connectivity index (χ2v) is 5.09. The number of nitrogens with zero attached hydrogens (tertiary/aromatic N) is 3. The number of fused-ring (bicyclic) bond motifs is 1. The maximum atomic E-state index is 14.3. The first-order chi connectivity index (χ1) is 10.4. The first-order valence-electron chi connectivity index (χ1n) is 6.19. The normalized spacial score (nSPS) is 11.0. The Hall–Kier alpha value is -2.67.